The number of hydrogen-bond acceptors (Lipinski definition) is 4. The van der Waals surface area contributed by atoms with Crippen LogP contribution in [-0.2, 0) is 27.8 Å². The Morgan fingerprint density at radius 2 is 1.93 bits per heavy atom. The average molecular weight is 381 g/mol. The summed E-state index contributed by atoms with van der Waals surface area (Å²) in [4.78, 5) is 17.8. The first-order chi connectivity index (χ1) is 12.9. The number of fused-ring (bicyclic) bond motifs is 2. The molecule has 1 N–H and O–H groups in total. The van der Waals surface area contributed by atoms with Gasteiger partial charge in [-0.15, -0.1) is 0 Å². The first-order valence-electron chi connectivity index (χ1n) is 8.68. The number of nitrogens with one attached hydrogen (secondary N) is 1. The van der Waals surface area contributed by atoms with Crippen LogP contribution in [0.2, 0.25) is 0 Å². The fourth-order valence-electron chi connectivity index (χ4n) is 3.36. The van der Waals surface area contributed by atoms with Crippen molar-refractivity contribution < 1.29 is 13.2 Å². The van der Waals surface area contributed by atoms with Crippen molar-refractivity contribution in [3.05, 3.63) is 65.9 Å². The summed E-state index contributed by atoms with van der Waals surface area (Å²) in [6.07, 6.45) is 2.37. The third-order valence-corrected chi connectivity index (χ3v) is 6.19. The number of amides is 1. The van der Waals surface area contributed by atoms with Crippen molar-refractivity contribution in [3.63, 3.8) is 0 Å². The fraction of sp³-hybridized carbons (Fsp3) is 0.200. The number of sulfonamides is 1. The molecule has 0 fully saturated rings. The van der Waals surface area contributed by atoms with Crippen molar-refractivity contribution in [2.24, 2.45) is 0 Å². The van der Waals surface area contributed by atoms with Crippen molar-refractivity contribution in [2.45, 2.75) is 24.8 Å². The molecular formula is C20H19N3O3S. The zero-order valence-corrected chi connectivity index (χ0v) is 15.7. The van der Waals surface area contributed by atoms with Crippen molar-refractivity contribution >= 4 is 32.5 Å². The summed E-state index contributed by atoms with van der Waals surface area (Å²) in [6.45, 7) is 2.62. The van der Waals surface area contributed by atoms with Crippen LogP contribution in [0.5, 0.6) is 0 Å². The van der Waals surface area contributed by atoms with Gasteiger partial charge in [-0.2, -0.15) is 0 Å². The first-order valence-corrected chi connectivity index (χ1v) is 10.2. The third kappa shape index (κ3) is 3.38. The van der Waals surface area contributed by atoms with Gasteiger partial charge in [0.1, 0.15) is 0 Å². The molecule has 7 heteroatoms. The Balaban J connectivity index is 1.68. The molecule has 2 aromatic carbocycles. The molecule has 1 amide bonds. The second kappa shape index (κ2) is 6.66. The van der Waals surface area contributed by atoms with Crippen molar-refractivity contribution in [2.75, 3.05) is 11.3 Å². The number of carbonyl (C=O) groups is 1. The summed E-state index contributed by atoms with van der Waals surface area (Å²) in [6, 6.07) is 14.2. The summed E-state index contributed by atoms with van der Waals surface area (Å²) < 4.78 is 28.5. The van der Waals surface area contributed by atoms with Gasteiger partial charge < -0.3 is 4.90 Å². The van der Waals surface area contributed by atoms with Gasteiger partial charge in [0.15, 0.2) is 0 Å². The van der Waals surface area contributed by atoms with Crippen LogP contribution in [0.15, 0.2) is 59.6 Å². The highest BCUT2D eigenvalue weighted by Crippen LogP contribution is 2.26. The van der Waals surface area contributed by atoms with Gasteiger partial charge in [-0.25, -0.2) is 8.42 Å². The van der Waals surface area contributed by atoms with Crippen molar-refractivity contribution in [3.8, 4) is 0 Å². The number of nitrogens with zero attached hydrogens (tertiary/aromatic N) is 2. The number of rotatable bonds is 3. The summed E-state index contributed by atoms with van der Waals surface area (Å²) in [7, 11) is -3.77. The molecule has 0 radical (unpaired) electrons. The highest BCUT2D eigenvalue weighted by molar-refractivity contribution is 7.92. The summed E-state index contributed by atoms with van der Waals surface area (Å²) in [5.74, 6) is -0.00568. The van der Waals surface area contributed by atoms with Crippen LogP contribution in [0.3, 0.4) is 0 Å². The summed E-state index contributed by atoms with van der Waals surface area (Å²) in [5, 5.41) is 0.861. The number of anilines is 1. The first kappa shape index (κ1) is 17.5. The SMILES string of the molecule is CC(=O)N1CCc2ccc(S(=O)(=O)Nc3cccc4cccnc34)cc2C1. The minimum Gasteiger partial charge on any atom is -0.338 e. The molecular weight excluding hydrogens is 362 g/mol. The van der Waals surface area contributed by atoms with E-state index in [9.17, 15) is 13.2 Å². The van der Waals surface area contributed by atoms with Crippen LogP contribution < -0.4 is 4.72 Å². The number of hydrogen-bond donors (Lipinski definition) is 1. The maximum atomic E-state index is 12.9. The van der Waals surface area contributed by atoms with E-state index in [2.05, 4.69) is 9.71 Å². The summed E-state index contributed by atoms with van der Waals surface area (Å²) >= 11 is 0. The molecule has 3 aromatic rings. The Bertz CT molecular complexity index is 1140. The van der Waals surface area contributed by atoms with Crippen LogP contribution >= 0.6 is 0 Å². The van der Waals surface area contributed by atoms with Gasteiger partial charge >= 0.3 is 0 Å². The molecule has 138 valence electrons. The smallest absolute Gasteiger partial charge is 0.261 e. The van der Waals surface area contributed by atoms with Gasteiger partial charge in [0.25, 0.3) is 10.0 Å². The molecule has 4 rings (SSSR count). The molecule has 0 spiro atoms. The quantitative estimate of drug-likeness (QED) is 0.756. The molecule has 2 heterocycles. The number of benzene rings is 2. The number of aromatic nitrogens is 1. The van der Waals surface area contributed by atoms with E-state index in [1.165, 1.54) is 6.92 Å². The van der Waals surface area contributed by atoms with Gasteiger partial charge in [-0.05, 0) is 41.8 Å². The van der Waals surface area contributed by atoms with E-state index in [0.29, 0.717) is 24.3 Å². The second-order valence-electron chi connectivity index (χ2n) is 6.61. The predicted octanol–water partition coefficient (Wildman–Crippen LogP) is 2.94. The summed E-state index contributed by atoms with van der Waals surface area (Å²) in [5.41, 5.74) is 2.99. The lowest BCUT2D eigenvalue weighted by Gasteiger charge is -2.28. The zero-order chi connectivity index (χ0) is 19.0. The molecule has 1 aliphatic heterocycles. The third-order valence-electron chi connectivity index (χ3n) is 4.82. The van der Waals surface area contributed by atoms with Crippen LogP contribution in [-0.4, -0.2) is 30.8 Å². The highest BCUT2D eigenvalue weighted by Gasteiger charge is 2.22. The van der Waals surface area contributed by atoms with Crippen LogP contribution in [0.4, 0.5) is 5.69 Å². The Morgan fingerprint density at radius 3 is 2.74 bits per heavy atom. The van der Waals surface area contributed by atoms with E-state index in [1.807, 2.05) is 24.3 Å². The number of pyridine rings is 1. The van der Waals surface area contributed by atoms with Crippen LogP contribution in [0.1, 0.15) is 18.1 Å². The van der Waals surface area contributed by atoms with Gasteiger partial charge in [-0.1, -0.05) is 24.3 Å². The lowest BCUT2D eigenvalue weighted by Crippen LogP contribution is -2.34. The van der Waals surface area contributed by atoms with Gasteiger partial charge in [0.2, 0.25) is 5.91 Å². The number of para-hydroxylation sites is 1. The average Bonchev–Trinajstić information content (AvgIpc) is 2.67. The number of carbonyl (C=O) groups excluding carboxylic acids is 1. The monoisotopic (exact) mass is 381 g/mol. The maximum Gasteiger partial charge on any atom is 0.261 e. The van der Waals surface area contributed by atoms with E-state index >= 15 is 0 Å². The normalized spacial score (nSPS) is 14.0. The topological polar surface area (TPSA) is 79.4 Å². The Morgan fingerprint density at radius 1 is 1.11 bits per heavy atom. The van der Waals surface area contributed by atoms with Gasteiger partial charge in [0, 0.05) is 31.6 Å². The Labute approximate surface area is 157 Å². The fourth-order valence-corrected chi connectivity index (χ4v) is 4.48. The zero-order valence-electron chi connectivity index (χ0n) is 14.8. The van der Waals surface area contributed by atoms with E-state index in [1.54, 1.807) is 35.4 Å². The highest BCUT2D eigenvalue weighted by atomic mass is 32.2. The van der Waals surface area contributed by atoms with E-state index in [4.69, 9.17) is 0 Å². The minimum absolute atomic E-state index is 0.00568. The van der Waals surface area contributed by atoms with Gasteiger partial charge in [0.05, 0.1) is 16.1 Å². The molecule has 0 saturated heterocycles. The predicted molar refractivity (Wildman–Crippen MR) is 104 cm³/mol. The molecule has 1 aliphatic rings. The molecule has 0 saturated carbocycles. The largest absolute Gasteiger partial charge is 0.338 e. The molecule has 6 nitrogen and oxygen atoms in total. The Kier molecular flexibility index (Phi) is 4.31. The van der Waals surface area contributed by atoms with E-state index in [-0.39, 0.29) is 10.8 Å². The molecule has 0 bridgehead atoms. The molecule has 0 aliphatic carbocycles. The molecule has 0 unspecified atom stereocenters. The minimum atomic E-state index is -3.77. The standard InChI is InChI=1S/C20H19N3O3S/c1-14(24)23-11-9-15-7-8-18(12-17(15)13-23)27(25,26)22-19-6-2-4-16-5-3-10-21-20(16)19/h2-8,10,12,22H,9,11,13H2,1H3. The van der Waals surface area contributed by atoms with E-state index < -0.39 is 10.0 Å². The maximum absolute atomic E-state index is 12.9. The lowest BCUT2D eigenvalue weighted by molar-refractivity contribution is -0.129. The molecule has 1 aromatic heterocycles. The van der Waals surface area contributed by atoms with Crippen LogP contribution in [0, 0.1) is 0 Å². The van der Waals surface area contributed by atoms with Crippen molar-refractivity contribution in [1.29, 1.82) is 0 Å². The Hall–Kier alpha value is -2.93. The van der Waals surface area contributed by atoms with Crippen LogP contribution in [0.25, 0.3) is 10.9 Å². The van der Waals surface area contributed by atoms with Gasteiger partial charge in [-0.3, -0.25) is 14.5 Å². The molecule has 0 atom stereocenters. The second-order valence-corrected chi connectivity index (χ2v) is 8.29. The van der Waals surface area contributed by atoms with Crippen molar-refractivity contribution in [1.82, 2.24) is 9.88 Å². The lowest BCUT2D eigenvalue weighted by atomic mass is 10.00. The van der Waals surface area contributed by atoms with E-state index in [0.717, 1.165) is 22.9 Å². The molecule has 27 heavy (non-hydrogen) atoms.